The fourth-order valence-electron chi connectivity index (χ4n) is 11.7. The zero-order valence-electron chi connectivity index (χ0n) is 56.9. The Morgan fingerprint density at radius 3 is 1.88 bits per heavy atom. The van der Waals surface area contributed by atoms with Gasteiger partial charge in [-0.3, -0.25) is 62.5 Å². The Kier molecular flexibility index (Phi) is 31.2. The molecule has 13 atom stereocenters. The lowest BCUT2D eigenvalue weighted by molar-refractivity contribution is -0.148. The molecule has 1 fully saturated rings. The minimum Gasteiger partial charge on any atom is -0.445 e. The van der Waals surface area contributed by atoms with Crippen molar-refractivity contribution >= 4 is 76.8 Å². The van der Waals surface area contributed by atoms with Crippen molar-refractivity contribution in [2.75, 3.05) is 46.7 Å². The van der Waals surface area contributed by atoms with Gasteiger partial charge in [0.1, 0.15) is 36.8 Å². The number of nitrogens with one attached hydrogen (secondary N) is 6. The standard InChI is InChI=1S/C67H101N11O16/c1-15-40(6)58(50(92-13)36-55(83)77-34-22-25-49(77)60(93-14)41(7)61(85)70-42(8)59(84)46-23-18-16-19-24-46)75(11)66(90)56(38(2)3)74-65(89)57(39(4)5)76(12)67(91)94-37-45-27-29-47(30-28-45)72-64(88)48(35-51(68)79)73-63(87)44(10)71-62(86)43(9)69-52(80)26-20-17-21-33-78-53(81)31-32-54(78)82/h16,18-19,23-24,27-32,38-44,48-50,56-60,84H,15,17,20-22,25-26,33-37H2,1-14H3,(H2,68,79)(H,69,80)(H,70,85)(H,71,86)(H,72,88)(H,73,87)(H,74,89)/t40-,41+,42+,43-,44-,48-,49-,50+,56-,57-,58-,59+,60+/m0/s1. The summed E-state index contributed by atoms with van der Waals surface area (Å²) in [5.74, 6) is -7.85. The number of unbranched alkanes of at least 4 members (excludes halogenated alkanes) is 2. The van der Waals surface area contributed by atoms with Gasteiger partial charge in [-0.05, 0) is 87.5 Å². The van der Waals surface area contributed by atoms with Crippen molar-refractivity contribution in [1.29, 1.82) is 0 Å². The molecule has 27 nitrogen and oxygen atoms in total. The molecule has 2 heterocycles. The summed E-state index contributed by atoms with van der Waals surface area (Å²) in [6, 6.07) is 7.50. The zero-order chi connectivity index (χ0) is 70.3. The van der Waals surface area contributed by atoms with Crippen LogP contribution in [0.4, 0.5) is 10.5 Å². The monoisotopic (exact) mass is 1320 g/mol. The number of carbonyl (C=O) groups is 12. The van der Waals surface area contributed by atoms with Crippen LogP contribution in [-0.4, -0.2) is 198 Å². The van der Waals surface area contributed by atoms with Crippen LogP contribution < -0.4 is 37.6 Å². The van der Waals surface area contributed by atoms with E-state index in [-0.39, 0.29) is 61.2 Å². The number of likely N-dealkylation sites (tertiary alicyclic amines) is 1. The van der Waals surface area contributed by atoms with E-state index in [1.54, 1.807) is 77.8 Å². The summed E-state index contributed by atoms with van der Waals surface area (Å²) in [6.45, 7) is 17.6. The minimum absolute atomic E-state index is 0.0702. The first-order chi connectivity index (χ1) is 44.4. The second-order valence-electron chi connectivity index (χ2n) is 25.2. The fourth-order valence-corrected chi connectivity index (χ4v) is 11.7. The topological polar surface area (TPSA) is 364 Å². The Hall–Kier alpha value is -8.30. The van der Waals surface area contributed by atoms with Crippen LogP contribution in [0.15, 0.2) is 66.7 Å². The van der Waals surface area contributed by atoms with E-state index in [0.29, 0.717) is 56.2 Å². The van der Waals surface area contributed by atoms with Crippen LogP contribution in [0.5, 0.6) is 0 Å². The maximum absolute atomic E-state index is 14.8. The van der Waals surface area contributed by atoms with Crippen LogP contribution >= 0.6 is 0 Å². The number of primary amides is 1. The predicted molar refractivity (Wildman–Crippen MR) is 349 cm³/mol. The van der Waals surface area contributed by atoms with Crippen LogP contribution in [0.3, 0.4) is 0 Å². The van der Waals surface area contributed by atoms with Gasteiger partial charge < -0.3 is 66.8 Å². The molecule has 2 aliphatic rings. The second-order valence-corrected chi connectivity index (χ2v) is 25.2. The molecule has 0 bridgehead atoms. The fraction of sp³-hybridized carbons (Fsp3) is 0.612. The summed E-state index contributed by atoms with van der Waals surface area (Å²) in [5, 5.41) is 26.9. The van der Waals surface area contributed by atoms with Gasteiger partial charge in [0.05, 0.1) is 55.2 Å². The van der Waals surface area contributed by atoms with Crippen molar-refractivity contribution < 1.29 is 76.9 Å². The lowest BCUT2D eigenvalue weighted by atomic mass is 9.89. The van der Waals surface area contributed by atoms with Gasteiger partial charge in [0.15, 0.2) is 0 Å². The molecule has 0 saturated carbocycles. The van der Waals surface area contributed by atoms with Gasteiger partial charge in [-0.15, -0.1) is 0 Å². The van der Waals surface area contributed by atoms with E-state index in [1.165, 1.54) is 64.3 Å². The molecule has 9 N–H and O–H groups in total. The number of imide groups is 1. The van der Waals surface area contributed by atoms with E-state index in [2.05, 4.69) is 31.9 Å². The summed E-state index contributed by atoms with van der Waals surface area (Å²) in [4.78, 5) is 164. The molecule has 94 heavy (non-hydrogen) atoms. The number of ether oxygens (including phenoxy) is 3. The number of hydrogen-bond acceptors (Lipinski definition) is 16. The third kappa shape index (κ3) is 22.4. The summed E-state index contributed by atoms with van der Waals surface area (Å²) in [5.41, 5.74) is 6.80. The van der Waals surface area contributed by atoms with Crippen LogP contribution in [0.2, 0.25) is 0 Å². The highest BCUT2D eigenvalue weighted by Gasteiger charge is 2.44. The number of aliphatic hydroxyl groups is 1. The number of benzene rings is 2. The highest BCUT2D eigenvalue weighted by Crippen LogP contribution is 2.31. The van der Waals surface area contributed by atoms with Crippen LogP contribution in [0.25, 0.3) is 0 Å². The molecule has 27 heteroatoms. The number of aliphatic hydroxyl groups excluding tert-OH is 1. The molecule has 0 radical (unpaired) electrons. The summed E-state index contributed by atoms with van der Waals surface area (Å²) >= 11 is 0. The number of methoxy groups -OCH3 is 2. The number of amides is 12. The molecule has 520 valence electrons. The van der Waals surface area contributed by atoms with E-state index in [9.17, 15) is 62.6 Å². The number of nitrogens with two attached hydrogens (primary N) is 1. The summed E-state index contributed by atoms with van der Waals surface area (Å²) < 4.78 is 17.7. The molecule has 0 spiro atoms. The van der Waals surface area contributed by atoms with Crippen molar-refractivity contribution in [1.82, 2.24) is 46.2 Å². The Morgan fingerprint density at radius 2 is 1.31 bits per heavy atom. The number of anilines is 1. The van der Waals surface area contributed by atoms with Crippen molar-refractivity contribution in [3.63, 3.8) is 0 Å². The molecule has 1 saturated heterocycles. The molecule has 4 rings (SSSR count). The normalized spacial score (nSPS) is 17.6. The third-order valence-electron chi connectivity index (χ3n) is 17.4. The molecular weight excluding hydrogens is 1210 g/mol. The van der Waals surface area contributed by atoms with Crippen molar-refractivity contribution in [3.8, 4) is 0 Å². The average molecular weight is 1320 g/mol. The number of rotatable bonds is 37. The molecule has 2 aliphatic heterocycles. The molecular formula is C67H101N11O16. The van der Waals surface area contributed by atoms with Gasteiger partial charge in [0.2, 0.25) is 53.2 Å². The van der Waals surface area contributed by atoms with Gasteiger partial charge in [-0.1, -0.05) is 104 Å². The Morgan fingerprint density at radius 1 is 0.691 bits per heavy atom. The number of likely N-dealkylation sites (N-methyl/N-ethyl adjacent to an activating group) is 2. The number of hydrogen-bond donors (Lipinski definition) is 8. The van der Waals surface area contributed by atoms with Gasteiger partial charge in [0, 0.05) is 65.7 Å². The van der Waals surface area contributed by atoms with Crippen LogP contribution in [-0.2, 0) is 73.6 Å². The second kappa shape index (κ2) is 37.6. The Labute approximate surface area is 552 Å². The molecule has 0 aromatic heterocycles. The van der Waals surface area contributed by atoms with Crippen molar-refractivity contribution in [2.24, 2.45) is 29.4 Å². The smallest absolute Gasteiger partial charge is 0.410 e. The maximum Gasteiger partial charge on any atom is 0.410 e. The first kappa shape index (κ1) is 78.1. The van der Waals surface area contributed by atoms with E-state index in [4.69, 9.17) is 19.9 Å². The minimum atomic E-state index is -1.47. The predicted octanol–water partition coefficient (Wildman–Crippen LogP) is 3.37. The first-order valence-electron chi connectivity index (χ1n) is 32.3. The highest BCUT2D eigenvalue weighted by molar-refractivity contribution is 6.12. The SMILES string of the molecule is CC[C@H](C)[C@@H]([C@@H](CC(=O)N1CCC[C@H]1[C@H](OC)[C@@H](C)C(=O)N[C@H](C)[C@@H](O)c1ccccc1)OC)N(C)C(=O)[C@@H](NC(=O)[C@H](C(C)C)N(C)C(=O)OCc1ccc(NC(=O)[C@H](CC(N)=O)NC(=O)[C@H](C)NC(=O)[C@H](C)NC(=O)CCCCCN2C(=O)C=CC2=O)cc1)C(C)C. The van der Waals surface area contributed by atoms with Crippen LogP contribution in [0, 0.1) is 23.7 Å². The van der Waals surface area contributed by atoms with E-state index in [1.807, 2.05) is 32.0 Å². The van der Waals surface area contributed by atoms with E-state index >= 15 is 0 Å². The largest absolute Gasteiger partial charge is 0.445 e. The Bertz CT molecular complexity index is 2950. The van der Waals surface area contributed by atoms with Gasteiger partial charge in [0.25, 0.3) is 11.8 Å². The van der Waals surface area contributed by atoms with Crippen molar-refractivity contribution in [3.05, 3.63) is 77.9 Å². The van der Waals surface area contributed by atoms with Gasteiger partial charge in [-0.25, -0.2) is 4.79 Å². The molecule has 2 aromatic rings. The summed E-state index contributed by atoms with van der Waals surface area (Å²) in [7, 11) is 6.03. The van der Waals surface area contributed by atoms with E-state index < -0.39 is 138 Å². The molecule has 0 aliphatic carbocycles. The Balaban J connectivity index is 1.32. The highest BCUT2D eigenvalue weighted by atomic mass is 16.6. The van der Waals surface area contributed by atoms with Crippen molar-refractivity contribution in [2.45, 2.75) is 200 Å². The third-order valence-corrected chi connectivity index (χ3v) is 17.4. The average Bonchev–Trinajstić information content (AvgIpc) is 1.33. The zero-order valence-corrected chi connectivity index (χ0v) is 56.9. The van der Waals surface area contributed by atoms with Gasteiger partial charge >= 0.3 is 6.09 Å². The molecule has 0 unspecified atom stereocenters. The molecule has 12 amide bonds. The first-order valence-corrected chi connectivity index (χ1v) is 32.3. The number of carbonyl (C=O) groups excluding carboxylic acids is 12. The lowest BCUT2D eigenvalue weighted by Crippen LogP contribution is -2.60. The summed E-state index contributed by atoms with van der Waals surface area (Å²) in [6.07, 6.45) is 1.86. The van der Waals surface area contributed by atoms with Gasteiger partial charge in [-0.2, -0.15) is 0 Å². The van der Waals surface area contributed by atoms with Crippen LogP contribution in [0.1, 0.15) is 144 Å². The number of nitrogens with zero attached hydrogens (tertiary/aromatic N) is 4. The lowest BCUT2D eigenvalue weighted by Gasteiger charge is -2.41. The maximum atomic E-state index is 14.8. The quantitative estimate of drug-likeness (QED) is 0.0355. The van der Waals surface area contributed by atoms with E-state index in [0.717, 1.165) is 9.80 Å². The molecule has 2 aromatic carbocycles.